The molecule has 4 heterocycles. The molecule has 0 spiro atoms. The summed E-state index contributed by atoms with van der Waals surface area (Å²) in [4.78, 5) is 47.7. The summed E-state index contributed by atoms with van der Waals surface area (Å²) in [7, 11) is 3.24. The van der Waals surface area contributed by atoms with Crippen LogP contribution in [0.2, 0.25) is 0 Å². The number of pyridine rings is 1. The molecule has 3 aromatic heterocycles. The van der Waals surface area contributed by atoms with Gasteiger partial charge in [0.1, 0.15) is 23.9 Å². The molecular formula is C21H23N7O5S. The van der Waals surface area contributed by atoms with Crippen molar-refractivity contribution in [3.05, 3.63) is 41.3 Å². The van der Waals surface area contributed by atoms with Gasteiger partial charge >= 0.3 is 0 Å². The molecule has 13 heteroatoms. The maximum absolute atomic E-state index is 12.9. The topological polar surface area (TPSA) is 141 Å². The number of nitrogens with one attached hydrogen (secondary N) is 2. The number of carbonyl (C=O) groups excluding carboxylic acids is 3. The van der Waals surface area contributed by atoms with Gasteiger partial charge in [0, 0.05) is 50.0 Å². The molecule has 34 heavy (non-hydrogen) atoms. The Morgan fingerprint density at radius 1 is 1.24 bits per heavy atom. The summed E-state index contributed by atoms with van der Waals surface area (Å²) in [5.41, 5.74) is 1.09. The first-order valence-electron chi connectivity index (χ1n) is 10.4. The van der Waals surface area contributed by atoms with E-state index in [1.165, 1.54) is 27.1 Å². The van der Waals surface area contributed by atoms with Crippen LogP contribution in [0, 0.1) is 0 Å². The lowest BCUT2D eigenvalue weighted by Crippen LogP contribution is -2.29. The van der Waals surface area contributed by atoms with E-state index in [0.29, 0.717) is 17.5 Å². The second kappa shape index (κ2) is 10.4. The number of thiazole rings is 1. The molecule has 0 fully saturated rings. The van der Waals surface area contributed by atoms with E-state index in [-0.39, 0.29) is 49.3 Å². The van der Waals surface area contributed by atoms with Crippen LogP contribution in [0.25, 0.3) is 10.6 Å². The number of aromatic nitrogens is 4. The molecule has 1 aliphatic heterocycles. The molecule has 0 radical (unpaired) electrons. The molecule has 4 bridgehead atoms. The van der Waals surface area contributed by atoms with Crippen molar-refractivity contribution < 1.29 is 23.9 Å². The number of ether oxygens (including phenoxy) is 2. The van der Waals surface area contributed by atoms with Crippen molar-refractivity contribution in [2.45, 2.75) is 6.54 Å². The standard InChI is InChI=1S/C21H23N7O5S/c1-27(2)17(29)11-28-10-14-18(26-28)20(31)23-5-6-32-7-8-33-16-9-13(3-4-22-16)21-25-15(12-34-21)19(30)24-14/h3-4,9-10,12H,5-8,11H2,1-2H3,(H,23,31)(H,24,30). The first-order chi connectivity index (χ1) is 16.4. The molecule has 4 rings (SSSR count). The molecule has 2 N–H and O–H groups in total. The lowest BCUT2D eigenvalue weighted by atomic mass is 10.3. The fourth-order valence-corrected chi connectivity index (χ4v) is 3.78. The van der Waals surface area contributed by atoms with Gasteiger partial charge in [-0.1, -0.05) is 0 Å². The fraction of sp³-hybridized carbons (Fsp3) is 0.333. The molecule has 3 amide bonds. The average molecular weight is 486 g/mol. The quantitative estimate of drug-likeness (QED) is 0.545. The summed E-state index contributed by atoms with van der Waals surface area (Å²) >= 11 is 1.29. The monoisotopic (exact) mass is 485 g/mol. The van der Waals surface area contributed by atoms with Crippen molar-refractivity contribution in [1.29, 1.82) is 0 Å². The molecule has 178 valence electrons. The summed E-state index contributed by atoms with van der Waals surface area (Å²) < 4.78 is 12.4. The number of amides is 3. The van der Waals surface area contributed by atoms with Crippen LogP contribution in [-0.4, -0.2) is 82.8 Å². The zero-order valence-electron chi connectivity index (χ0n) is 18.6. The molecular weight excluding hydrogens is 462 g/mol. The molecule has 12 nitrogen and oxygen atoms in total. The second-order valence-corrected chi connectivity index (χ2v) is 8.33. The van der Waals surface area contributed by atoms with Gasteiger partial charge in [-0.05, 0) is 6.07 Å². The van der Waals surface area contributed by atoms with Crippen molar-refractivity contribution in [3.63, 3.8) is 0 Å². The molecule has 0 aromatic carbocycles. The molecule has 1 aliphatic rings. The summed E-state index contributed by atoms with van der Waals surface area (Å²) in [6, 6.07) is 3.52. The molecule has 0 aliphatic carbocycles. The highest BCUT2D eigenvalue weighted by Crippen LogP contribution is 2.26. The Morgan fingerprint density at radius 2 is 2.09 bits per heavy atom. The fourth-order valence-electron chi connectivity index (χ4n) is 2.99. The van der Waals surface area contributed by atoms with E-state index in [1.807, 2.05) is 0 Å². The predicted molar refractivity (Wildman–Crippen MR) is 123 cm³/mol. The van der Waals surface area contributed by atoms with Crippen LogP contribution >= 0.6 is 11.3 Å². The Kier molecular flexibility index (Phi) is 7.13. The second-order valence-electron chi connectivity index (χ2n) is 7.47. The number of likely N-dealkylation sites (N-methyl/N-ethyl adjacent to an activating group) is 1. The van der Waals surface area contributed by atoms with Gasteiger partial charge in [-0.2, -0.15) is 5.10 Å². The molecule has 3 aromatic rings. The summed E-state index contributed by atoms with van der Waals surface area (Å²) in [5.74, 6) is -0.814. The van der Waals surface area contributed by atoms with Crippen LogP contribution in [0.15, 0.2) is 29.9 Å². The molecule has 0 atom stereocenters. The average Bonchev–Trinajstić information content (AvgIpc) is 3.45. The van der Waals surface area contributed by atoms with Gasteiger partial charge in [-0.25, -0.2) is 9.97 Å². The maximum Gasteiger partial charge on any atom is 0.275 e. The number of rotatable bonds is 2. The zero-order chi connectivity index (χ0) is 24.1. The summed E-state index contributed by atoms with van der Waals surface area (Å²) in [5, 5.41) is 11.8. The van der Waals surface area contributed by atoms with Crippen LogP contribution in [-0.2, 0) is 16.1 Å². The lowest BCUT2D eigenvalue weighted by Gasteiger charge is -2.09. The van der Waals surface area contributed by atoms with Crippen molar-refractivity contribution in [1.82, 2.24) is 30.0 Å². The van der Waals surface area contributed by atoms with E-state index in [0.717, 1.165) is 5.56 Å². The van der Waals surface area contributed by atoms with Gasteiger partial charge in [0.05, 0.1) is 18.9 Å². The SMILES string of the molecule is CN(C)C(=O)Cn1cc2c(n1)C(=O)NCCOCCOc1cc(ccn1)-c1nc(cs1)C(=O)N2. The first-order valence-corrected chi connectivity index (χ1v) is 11.3. The van der Waals surface area contributed by atoms with Crippen LogP contribution in [0.5, 0.6) is 5.88 Å². The Bertz CT molecular complexity index is 1210. The third-order valence-corrected chi connectivity index (χ3v) is 5.64. The first kappa shape index (κ1) is 23.3. The predicted octanol–water partition coefficient (Wildman–Crippen LogP) is 0.881. The minimum Gasteiger partial charge on any atom is -0.475 e. The van der Waals surface area contributed by atoms with Crippen LogP contribution < -0.4 is 15.4 Å². The van der Waals surface area contributed by atoms with Gasteiger partial charge in [0.25, 0.3) is 11.8 Å². The number of nitrogens with zero attached hydrogens (tertiary/aromatic N) is 5. The van der Waals surface area contributed by atoms with Crippen molar-refractivity contribution in [2.24, 2.45) is 0 Å². The van der Waals surface area contributed by atoms with Gasteiger partial charge < -0.3 is 25.0 Å². The highest BCUT2D eigenvalue weighted by Gasteiger charge is 2.22. The highest BCUT2D eigenvalue weighted by molar-refractivity contribution is 7.13. The number of fused-ring (bicyclic) bond motifs is 6. The lowest BCUT2D eigenvalue weighted by molar-refractivity contribution is -0.129. The third kappa shape index (κ3) is 5.55. The van der Waals surface area contributed by atoms with E-state index < -0.39 is 11.8 Å². The Labute approximate surface area is 198 Å². The number of hydrogen-bond acceptors (Lipinski definition) is 9. The highest BCUT2D eigenvalue weighted by atomic mass is 32.1. The minimum atomic E-state index is -0.509. The minimum absolute atomic E-state index is 0.0152. The van der Waals surface area contributed by atoms with E-state index in [2.05, 4.69) is 25.7 Å². The van der Waals surface area contributed by atoms with Gasteiger partial charge in [-0.3, -0.25) is 19.1 Å². The molecule has 0 unspecified atom stereocenters. The third-order valence-electron chi connectivity index (χ3n) is 4.75. The van der Waals surface area contributed by atoms with E-state index >= 15 is 0 Å². The summed E-state index contributed by atoms with van der Waals surface area (Å²) in [6.07, 6.45) is 3.05. The van der Waals surface area contributed by atoms with E-state index in [1.54, 1.807) is 37.8 Å². The van der Waals surface area contributed by atoms with Gasteiger partial charge in [-0.15, -0.1) is 11.3 Å². The smallest absolute Gasteiger partial charge is 0.275 e. The summed E-state index contributed by atoms with van der Waals surface area (Å²) in [6.45, 7) is 0.983. The Hall–Kier alpha value is -3.84. The number of carbonyl (C=O) groups is 3. The van der Waals surface area contributed by atoms with Crippen molar-refractivity contribution >= 4 is 34.7 Å². The van der Waals surface area contributed by atoms with Crippen molar-refractivity contribution in [2.75, 3.05) is 45.8 Å². The van der Waals surface area contributed by atoms with E-state index in [9.17, 15) is 14.4 Å². The Balaban J connectivity index is 1.64. The molecule has 0 saturated heterocycles. The molecule has 0 saturated carbocycles. The van der Waals surface area contributed by atoms with Crippen LogP contribution in [0.3, 0.4) is 0 Å². The van der Waals surface area contributed by atoms with Gasteiger partial charge in [0.2, 0.25) is 11.8 Å². The number of hydrogen-bond donors (Lipinski definition) is 2. The zero-order valence-corrected chi connectivity index (χ0v) is 19.4. The largest absolute Gasteiger partial charge is 0.475 e. The normalized spacial score (nSPS) is 14.6. The Morgan fingerprint density at radius 3 is 2.91 bits per heavy atom. The maximum atomic E-state index is 12.9. The van der Waals surface area contributed by atoms with Crippen LogP contribution in [0.4, 0.5) is 5.69 Å². The number of anilines is 1. The van der Waals surface area contributed by atoms with Crippen molar-refractivity contribution in [3.8, 4) is 16.5 Å². The van der Waals surface area contributed by atoms with Crippen LogP contribution in [0.1, 0.15) is 21.0 Å². The van der Waals surface area contributed by atoms with Gasteiger partial charge in [0.15, 0.2) is 5.69 Å². The van der Waals surface area contributed by atoms with E-state index in [4.69, 9.17) is 9.47 Å².